The van der Waals surface area contributed by atoms with Crippen molar-refractivity contribution < 1.29 is 22.1 Å². The molecule has 8 nitrogen and oxygen atoms in total. The minimum Gasteiger partial charge on any atom is -0.494 e. The van der Waals surface area contributed by atoms with Crippen LogP contribution in [0.25, 0.3) is 11.1 Å². The maximum Gasteiger partial charge on any atom is 0.309 e. The molecule has 1 unspecified atom stereocenters. The van der Waals surface area contributed by atoms with E-state index in [4.69, 9.17) is 14.7 Å². The van der Waals surface area contributed by atoms with Crippen molar-refractivity contribution in [2.24, 2.45) is 10.7 Å². The van der Waals surface area contributed by atoms with E-state index in [0.717, 1.165) is 16.9 Å². The molecular weight excluding hydrogens is 478 g/mol. The van der Waals surface area contributed by atoms with Crippen LogP contribution in [-0.4, -0.2) is 44.6 Å². The highest BCUT2D eigenvalue weighted by Crippen LogP contribution is 2.41. The molecule has 188 valence electrons. The number of rotatable bonds is 9. The zero-order chi connectivity index (χ0) is 25.9. The Morgan fingerprint density at radius 3 is 2.19 bits per heavy atom. The zero-order valence-electron chi connectivity index (χ0n) is 20.5. The average Bonchev–Trinajstić information content (AvgIpc) is 3.09. The normalized spacial score (nSPS) is 17.7. The minimum atomic E-state index is -3.69. The number of hydrogen-bond donors (Lipinski definition) is 1. The van der Waals surface area contributed by atoms with Gasteiger partial charge in [-0.25, -0.2) is 4.99 Å². The van der Waals surface area contributed by atoms with E-state index in [1.807, 2.05) is 55.5 Å². The quantitative estimate of drug-likeness (QED) is 0.440. The van der Waals surface area contributed by atoms with Crippen molar-refractivity contribution in [3.8, 4) is 22.6 Å². The van der Waals surface area contributed by atoms with Crippen LogP contribution in [0.5, 0.6) is 11.5 Å². The topological polar surface area (TPSA) is 111 Å². The number of benzene rings is 3. The van der Waals surface area contributed by atoms with E-state index in [1.54, 1.807) is 26.1 Å². The van der Waals surface area contributed by atoms with Gasteiger partial charge < -0.3 is 14.7 Å². The van der Waals surface area contributed by atoms with E-state index in [-0.39, 0.29) is 23.4 Å². The third-order valence-electron chi connectivity index (χ3n) is 5.95. The predicted molar refractivity (Wildman–Crippen MR) is 139 cm³/mol. The fourth-order valence-electron chi connectivity index (χ4n) is 4.23. The van der Waals surface area contributed by atoms with Gasteiger partial charge in [-0.2, -0.15) is 8.42 Å². The zero-order valence-corrected chi connectivity index (χ0v) is 21.3. The van der Waals surface area contributed by atoms with Crippen LogP contribution in [0.2, 0.25) is 0 Å². The third kappa shape index (κ3) is 4.79. The molecule has 1 aliphatic heterocycles. The van der Waals surface area contributed by atoms with Gasteiger partial charge in [0, 0.05) is 7.05 Å². The molecule has 0 aromatic heterocycles. The van der Waals surface area contributed by atoms with E-state index in [0.29, 0.717) is 24.2 Å². The second-order valence-electron chi connectivity index (χ2n) is 8.46. The molecule has 1 heterocycles. The maximum absolute atomic E-state index is 13.6. The molecule has 4 rings (SSSR count). The van der Waals surface area contributed by atoms with Crippen molar-refractivity contribution in [2.75, 3.05) is 19.4 Å². The summed E-state index contributed by atoms with van der Waals surface area (Å²) >= 11 is 0. The molecule has 1 aliphatic rings. The van der Waals surface area contributed by atoms with Crippen molar-refractivity contribution in [1.82, 2.24) is 4.90 Å². The van der Waals surface area contributed by atoms with Gasteiger partial charge in [0.1, 0.15) is 11.5 Å². The van der Waals surface area contributed by atoms with Gasteiger partial charge in [0.15, 0.2) is 11.5 Å². The molecule has 1 atom stereocenters. The van der Waals surface area contributed by atoms with Crippen LogP contribution in [0.4, 0.5) is 0 Å². The van der Waals surface area contributed by atoms with Crippen LogP contribution in [-0.2, 0) is 20.5 Å². The summed E-state index contributed by atoms with van der Waals surface area (Å²) in [6.45, 7) is 4.25. The van der Waals surface area contributed by atoms with E-state index < -0.39 is 15.7 Å². The van der Waals surface area contributed by atoms with Crippen molar-refractivity contribution in [3.05, 3.63) is 83.9 Å². The monoisotopic (exact) mass is 507 g/mol. The fourth-order valence-corrected chi connectivity index (χ4v) is 5.22. The Labute approximate surface area is 211 Å². The number of ether oxygens (including phenoxy) is 1. The molecule has 3 aromatic rings. The Kier molecular flexibility index (Phi) is 7.03. The number of aliphatic imine (C=N–C) groups is 1. The van der Waals surface area contributed by atoms with Gasteiger partial charge in [0.05, 0.1) is 12.4 Å². The Morgan fingerprint density at radius 1 is 0.917 bits per heavy atom. The second-order valence-corrected chi connectivity index (χ2v) is 10.1. The Hall–Kier alpha value is -3.85. The standard InChI is InChI=1S/C27H29N3O5S/c1-4-16-36(32,33)35-23-14-12-21(13-15-23)27(25(31)30(3)26(28)29-27)22-10-6-8-19(17-22)20-9-7-11-24(18-20)34-5-2/h6-15,17-18H,4-5,16H2,1-3H3,(H2,28,29). The molecular formula is C27H29N3O5S. The number of hydrogen-bond acceptors (Lipinski definition) is 7. The number of nitrogens with zero attached hydrogens (tertiary/aromatic N) is 2. The molecule has 2 N–H and O–H groups in total. The summed E-state index contributed by atoms with van der Waals surface area (Å²) in [4.78, 5) is 19.6. The van der Waals surface area contributed by atoms with Crippen molar-refractivity contribution in [3.63, 3.8) is 0 Å². The largest absolute Gasteiger partial charge is 0.494 e. The highest BCUT2D eigenvalue weighted by molar-refractivity contribution is 7.87. The molecule has 9 heteroatoms. The molecule has 0 saturated carbocycles. The molecule has 0 spiro atoms. The average molecular weight is 508 g/mol. The Balaban J connectivity index is 1.79. The maximum atomic E-state index is 13.6. The number of carbonyl (C=O) groups excluding carboxylic acids is 1. The van der Waals surface area contributed by atoms with E-state index in [2.05, 4.69) is 4.99 Å². The number of nitrogens with two attached hydrogens (primary N) is 1. The number of carbonyl (C=O) groups is 1. The minimum absolute atomic E-state index is 0.0832. The summed E-state index contributed by atoms with van der Waals surface area (Å²) in [6, 6.07) is 21.6. The van der Waals surface area contributed by atoms with Crippen LogP contribution >= 0.6 is 0 Å². The van der Waals surface area contributed by atoms with Crippen LogP contribution in [0.1, 0.15) is 31.4 Å². The van der Waals surface area contributed by atoms with Crippen LogP contribution < -0.4 is 14.7 Å². The lowest BCUT2D eigenvalue weighted by atomic mass is 9.81. The van der Waals surface area contributed by atoms with Gasteiger partial charge in [-0.05, 0) is 65.9 Å². The lowest BCUT2D eigenvalue weighted by Crippen LogP contribution is -2.41. The number of guanidine groups is 1. The SMILES string of the molecule is CCCS(=O)(=O)Oc1ccc(C2(c3cccc(-c4cccc(OCC)c4)c3)N=C(N)N(C)C2=O)cc1. The molecule has 36 heavy (non-hydrogen) atoms. The molecule has 0 radical (unpaired) electrons. The van der Waals surface area contributed by atoms with Crippen LogP contribution in [0, 0.1) is 0 Å². The van der Waals surface area contributed by atoms with E-state index >= 15 is 0 Å². The molecule has 0 saturated heterocycles. The van der Waals surface area contributed by atoms with Gasteiger partial charge in [0.25, 0.3) is 5.91 Å². The van der Waals surface area contributed by atoms with Gasteiger partial charge in [-0.1, -0.05) is 49.4 Å². The van der Waals surface area contributed by atoms with E-state index in [1.165, 1.54) is 17.0 Å². The smallest absolute Gasteiger partial charge is 0.309 e. The van der Waals surface area contributed by atoms with E-state index in [9.17, 15) is 13.2 Å². The Bertz CT molecular complexity index is 1400. The molecule has 3 aromatic carbocycles. The van der Waals surface area contributed by atoms with Gasteiger partial charge in [-0.3, -0.25) is 9.69 Å². The Morgan fingerprint density at radius 2 is 1.58 bits per heavy atom. The summed E-state index contributed by atoms with van der Waals surface area (Å²) in [5.74, 6) is 0.615. The van der Waals surface area contributed by atoms with Gasteiger partial charge >= 0.3 is 10.1 Å². The van der Waals surface area contributed by atoms with Crippen LogP contribution in [0.3, 0.4) is 0 Å². The number of amides is 1. The third-order valence-corrected chi connectivity index (χ3v) is 7.30. The highest BCUT2D eigenvalue weighted by atomic mass is 32.2. The number of likely N-dealkylation sites (N-methyl/N-ethyl adjacent to an activating group) is 1. The van der Waals surface area contributed by atoms with Gasteiger partial charge in [-0.15, -0.1) is 0 Å². The first-order valence-corrected chi connectivity index (χ1v) is 13.3. The lowest BCUT2D eigenvalue weighted by Gasteiger charge is -2.26. The summed E-state index contributed by atoms with van der Waals surface area (Å²) in [7, 11) is -2.11. The summed E-state index contributed by atoms with van der Waals surface area (Å²) in [5, 5.41) is 0. The van der Waals surface area contributed by atoms with Gasteiger partial charge in [0.2, 0.25) is 0 Å². The molecule has 1 amide bonds. The fraction of sp³-hybridized carbons (Fsp3) is 0.259. The first-order chi connectivity index (χ1) is 17.2. The van der Waals surface area contributed by atoms with Crippen molar-refractivity contribution >= 4 is 22.0 Å². The molecule has 0 bridgehead atoms. The second kappa shape index (κ2) is 10.0. The molecule has 0 fully saturated rings. The predicted octanol–water partition coefficient (Wildman–Crippen LogP) is 3.90. The first-order valence-electron chi connectivity index (χ1n) is 11.7. The lowest BCUT2D eigenvalue weighted by molar-refractivity contribution is -0.129. The van der Waals surface area contributed by atoms with Crippen molar-refractivity contribution in [1.29, 1.82) is 0 Å². The molecule has 0 aliphatic carbocycles. The first kappa shape index (κ1) is 25.2. The highest BCUT2D eigenvalue weighted by Gasteiger charge is 2.49. The summed E-state index contributed by atoms with van der Waals surface area (Å²) in [6.07, 6.45) is 0.447. The summed E-state index contributed by atoms with van der Waals surface area (Å²) < 4.78 is 35.0. The van der Waals surface area contributed by atoms with Crippen molar-refractivity contribution in [2.45, 2.75) is 25.8 Å². The van der Waals surface area contributed by atoms with Crippen LogP contribution in [0.15, 0.2) is 77.8 Å². The summed E-state index contributed by atoms with van der Waals surface area (Å²) in [5.41, 5.74) is 7.67.